The number of amides is 2. The summed E-state index contributed by atoms with van der Waals surface area (Å²) < 4.78 is 0. The molecule has 4 aromatic carbocycles. The molecule has 2 amide bonds. The van der Waals surface area contributed by atoms with Crippen molar-refractivity contribution in [1.82, 2.24) is 40.4 Å². The van der Waals surface area contributed by atoms with Crippen LogP contribution in [-0.2, 0) is 0 Å². The van der Waals surface area contributed by atoms with Crippen LogP contribution in [0.1, 0.15) is 76.1 Å². The van der Waals surface area contributed by atoms with Gasteiger partial charge in [0.15, 0.2) is 0 Å². The van der Waals surface area contributed by atoms with Gasteiger partial charge in [-0.3, -0.25) is 19.4 Å². The molecule has 0 fully saturated rings. The minimum absolute atomic E-state index is 0.0759. The van der Waals surface area contributed by atoms with Crippen LogP contribution >= 0.6 is 0 Å². The highest BCUT2D eigenvalue weighted by molar-refractivity contribution is 5.95. The zero-order chi connectivity index (χ0) is 38.5. The minimum atomic E-state index is -0.0759. The Morgan fingerprint density at radius 2 is 0.852 bits per heavy atom. The van der Waals surface area contributed by atoms with E-state index in [2.05, 4.69) is 110 Å². The van der Waals surface area contributed by atoms with Crippen molar-refractivity contribution < 1.29 is 9.59 Å². The van der Waals surface area contributed by atoms with E-state index in [1.807, 2.05) is 60.7 Å². The number of H-pyrrole nitrogens is 2. The number of rotatable bonds is 15. The molecule has 0 aliphatic carbocycles. The monoisotopic (exact) mass is 726 g/mol. The topological polar surface area (TPSA) is 122 Å². The van der Waals surface area contributed by atoms with Gasteiger partial charge in [-0.25, -0.2) is 9.97 Å². The lowest BCUT2D eigenvalue weighted by Crippen LogP contribution is -2.42. The van der Waals surface area contributed by atoms with Crippen molar-refractivity contribution >= 4 is 33.9 Å². The van der Waals surface area contributed by atoms with Crippen molar-refractivity contribution in [2.45, 2.75) is 79.6 Å². The number of fused-ring (bicyclic) bond motifs is 2. The molecule has 54 heavy (non-hydrogen) atoms. The third kappa shape index (κ3) is 8.89. The van der Waals surface area contributed by atoms with Gasteiger partial charge in [-0.15, -0.1) is 0 Å². The molecule has 4 N–H and O–H groups in total. The Labute approximate surface area is 318 Å². The highest BCUT2D eigenvalue weighted by Crippen LogP contribution is 2.29. The summed E-state index contributed by atoms with van der Waals surface area (Å²) in [5.41, 5.74) is 8.72. The zero-order valence-electron chi connectivity index (χ0n) is 32.8. The number of carbonyl (C=O) groups excluding carboxylic acids is 2. The molecule has 6 aromatic rings. The molecule has 0 aliphatic heterocycles. The average molecular weight is 727 g/mol. The molecule has 0 radical (unpaired) electrons. The van der Waals surface area contributed by atoms with Gasteiger partial charge in [-0.05, 0) is 115 Å². The summed E-state index contributed by atoms with van der Waals surface area (Å²) in [6.07, 6.45) is 0. The van der Waals surface area contributed by atoms with Crippen LogP contribution in [0.3, 0.4) is 0 Å². The first kappa shape index (κ1) is 38.4. The Hall–Kier alpha value is -5.32. The average Bonchev–Trinajstić information content (AvgIpc) is 3.78. The Bertz CT molecular complexity index is 2020. The van der Waals surface area contributed by atoms with Crippen LogP contribution in [0.4, 0.5) is 0 Å². The van der Waals surface area contributed by atoms with Gasteiger partial charge in [0.2, 0.25) is 0 Å². The van der Waals surface area contributed by atoms with Crippen LogP contribution < -0.4 is 10.6 Å². The van der Waals surface area contributed by atoms with E-state index in [1.165, 1.54) is 0 Å². The summed E-state index contributed by atoms with van der Waals surface area (Å²) in [6.45, 7) is 20.2. The third-order valence-electron chi connectivity index (χ3n) is 10.1. The largest absolute Gasteiger partial charge is 0.351 e. The van der Waals surface area contributed by atoms with E-state index in [9.17, 15) is 9.59 Å². The molecule has 2 heterocycles. The summed E-state index contributed by atoms with van der Waals surface area (Å²) in [5.74, 6) is 1.35. The number of hydrogen-bond donors (Lipinski definition) is 4. The number of nitrogens with zero attached hydrogens (tertiary/aromatic N) is 4. The van der Waals surface area contributed by atoms with Crippen molar-refractivity contribution in [3.8, 4) is 33.9 Å². The van der Waals surface area contributed by atoms with Gasteiger partial charge < -0.3 is 20.6 Å². The number of aromatic nitrogens is 4. The highest BCUT2D eigenvalue weighted by Gasteiger charge is 2.16. The molecule has 10 heteroatoms. The Balaban J connectivity index is 1.10. The van der Waals surface area contributed by atoms with Gasteiger partial charge in [-0.2, -0.15) is 0 Å². The lowest BCUT2D eigenvalue weighted by molar-refractivity contribution is 0.0932. The molecule has 282 valence electrons. The smallest absolute Gasteiger partial charge is 0.251 e. The number of nitrogens with one attached hydrogen (secondary N) is 4. The molecule has 0 bridgehead atoms. The summed E-state index contributed by atoms with van der Waals surface area (Å²) in [5, 5.41) is 6.11. The van der Waals surface area contributed by atoms with Crippen molar-refractivity contribution in [3.05, 3.63) is 96.1 Å². The quantitative estimate of drug-likeness (QED) is 0.0848. The predicted octanol–water partition coefficient (Wildman–Crippen LogP) is 8.14. The number of hydrogen-bond acceptors (Lipinski definition) is 6. The molecule has 0 spiro atoms. The summed E-state index contributed by atoms with van der Waals surface area (Å²) >= 11 is 0. The van der Waals surface area contributed by atoms with Crippen molar-refractivity contribution in [1.29, 1.82) is 0 Å². The second-order valence-corrected chi connectivity index (χ2v) is 15.2. The zero-order valence-corrected chi connectivity index (χ0v) is 32.8. The fourth-order valence-corrected chi connectivity index (χ4v) is 7.23. The van der Waals surface area contributed by atoms with Crippen molar-refractivity contribution in [2.75, 3.05) is 26.2 Å². The molecule has 0 aliphatic rings. The molecule has 2 aromatic heterocycles. The lowest BCUT2D eigenvalue weighted by atomic mass is 10.0. The maximum Gasteiger partial charge on any atom is 0.251 e. The fraction of sp³-hybridized carbons (Fsp3) is 0.364. The second-order valence-electron chi connectivity index (χ2n) is 15.2. The standard InChI is InChI=1S/C44H54N8O2/c1-27(2)51(28(3)4)23-21-45-43(53)33-13-9-31(10-14-33)41-47-37-19-17-35(25-39(37)49-41)36-18-20-38-40(26-36)50-42(48-38)32-11-15-34(16-12-32)44(54)46-22-24-52(29(5)6)30(7)8/h9-20,25-30H,21-24H2,1-8H3,(H,45,53)(H,46,54)(H,47,49)(H,48,50). The highest BCUT2D eigenvalue weighted by atomic mass is 16.2. The first-order valence-corrected chi connectivity index (χ1v) is 19.2. The molecule has 0 unspecified atom stereocenters. The van der Waals surface area contributed by atoms with Gasteiger partial charge in [0, 0.05) is 72.6 Å². The molecule has 0 saturated carbocycles. The fourth-order valence-electron chi connectivity index (χ4n) is 7.23. The number of aromatic amines is 2. The normalized spacial score (nSPS) is 12.0. The van der Waals surface area contributed by atoms with E-state index in [0.717, 1.165) is 69.1 Å². The van der Waals surface area contributed by atoms with Crippen LogP contribution in [0.2, 0.25) is 0 Å². The van der Waals surface area contributed by atoms with Gasteiger partial charge in [0.05, 0.1) is 22.1 Å². The Morgan fingerprint density at radius 1 is 0.519 bits per heavy atom. The first-order chi connectivity index (χ1) is 25.9. The maximum atomic E-state index is 12.8. The van der Waals surface area contributed by atoms with Crippen LogP contribution in [-0.4, -0.2) is 91.9 Å². The molecule has 0 atom stereocenters. The first-order valence-electron chi connectivity index (χ1n) is 19.2. The molecule has 0 saturated heterocycles. The Morgan fingerprint density at radius 3 is 1.19 bits per heavy atom. The van der Waals surface area contributed by atoms with Gasteiger partial charge >= 0.3 is 0 Å². The van der Waals surface area contributed by atoms with Crippen LogP contribution in [0, 0.1) is 0 Å². The van der Waals surface area contributed by atoms with E-state index < -0.39 is 0 Å². The SMILES string of the molecule is CC(C)N(CCNC(=O)c1ccc(-c2nc3cc(-c4ccc5[nH]c(-c6ccc(C(=O)NCCN(C(C)C)C(C)C)cc6)nc5c4)ccc3[nH]2)cc1)C(C)C. The van der Waals surface area contributed by atoms with Crippen LogP contribution in [0.5, 0.6) is 0 Å². The predicted molar refractivity (Wildman–Crippen MR) is 221 cm³/mol. The lowest BCUT2D eigenvalue weighted by Gasteiger charge is -2.30. The summed E-state index contributed by atoms with van der Waals surface area (Å²) in [4.78, 5) is 47.0. The van der Waals surface area contributed by atoms with E-state index in [-0.39, 0.29) is 11.8 Å². The van der Waals surface area contributed by atoms with Crippen LogP contribution in [0.15, 0.2) is 84.9 Å². The minimum Gasteiger partial charge on any atom is -0.351 e. The number of imidazole rings is 2. The van der Waals surface area contributed by atoms with Crippen molar-refractivity contribution in [3.63, 3.8) is 0 Å². The number of carbonyl (C=O) groups is 2. The second kappa shape index (κ2) is 16.8. The number of benzene rings is 4. The molecular weight excluding hydrogens is 673 g/mol. The van der Waals surface area contributed by atoms with E-state index in [1.54, 1.807) is 0 Å². The summed E-state index contributed by atoms with van der Waals surface area (Å²) in [6, 6.07) is 29.2. The van der Waals surface area contributed by atoms with Gasteiger partial charge in [0.1, 0.15) is 11.6 Å². The molecule has 6 rings (SSSR count). The van der Waals surface area contributed by atoms with E-state index >= 15 is 0 Å². The third-order valence-corrected chi connectivity index (χ3v) is 10.1. The molecular formula is C44H54N8O2. The van der Waals surface area contributed by atoms with Crippen LogP contribution in [0.25, 0.3) is 56.0 Å². The van der Waals surface area contributed by atoms with E-state index in [4.69, 9.17) is 9.97 Å². The molecule has 10 nitrogen and oxygen atoms in total. The summed E-state index contributed by atoms with van der Waals surface area (Å²) in [7, 11) is 0. The van der Waals surface area contributed by atoms with Crippen molar-refractivity contribution in [2.24, 2.45) is 0 Å². The van der Waals surface area contributed by atoms with Gasteiger partial charge in [-0.1, -0.05) is 36.4 Å². The maximum absolute atomic E-state index is 12.8. The van der Waals surface area contributed by atoms with Gasteiger partial charge in [0.25, 0.3) is 11.8 Å². The van der Waals surface area contributed by atoms with E-state index in [0.29, 0.717) is 48.4 Å². The Kier molecular flexibility index (Phi) is 11.9.